The lowest BCUT2D eigenvalue weighted by Crippen LogP contribution is -2.32. The van der Waals surface area contributed by atoms with Crippen molar-refractivity contribution in [1.82, 2.24) is 9.62 Å². The second kappa shape index (κ2) is 7.61. The van der Waals surface area contributed by atoms with Gasteiger partial charge >= 0.3 is 0 Å². The molecule has 1 aromatic rings. The van der Waals surface area contributed by atoms with Crippen LogP contribution in [-0.2, 0) is 10.0 Å². The second-order valence-electron chi connectivity index (χ2n) is 4.69. The van der Waals surface area contributed by atoms with E-state index < -0.39 is 10.0 Å². The average Bonchev–Trinajstić information content (AvgIpc) is 2.38. The van der Waals surface area contributed by atoms with Gasteiger partial charge in [-0.2, -0.15) is 0 Å². The third-order valence-corrected chi connectivity index (χ3v) is 5.63. The third-order valence-electron chi connectivity index (χ3n) is 3.06. The molecule has 1 N–H and O–H groups in total. The fraction of sp³-hybridized carbons (Fsp3) is 0.538. The fourth-order valence-electron chi connectivity index (χ4n) is 1.77. The minimum Gasteiger partial charge on any atom is -0.309 e. The zero-order valence-corrected chi connectivity index (χ0v) is 14.2. The van der Waals surface area contributed by atoms with Gasteiger partial charge in [-0.3, -0.25) is 0 Å². The molecule has 20 heavy (non-hydrogen) atoms. The van der Waals surface area contributed by atoms with Gasteiger partial charge in [0, 0.05) is 26.7 Å². The first-order chi connectivity index (χ1) is 9.27. The molecule has 1 unspecified atom stereocenters. The van der Waals surface area contributed by atoms with E-state index in [-0.39, 0.29) is 11.8 Å². The van der Waals surface area contributed by atoms with Crippen LogP contribution in [0.4, 0.5) is 0 Å². The van der Waals surface area contributed by atoms with Crippen molar-refractivity contribution in [1.29, 1.82) is 0 Å². The number of sulfonamides is 1. The smallest absolute Gasteiger partial charge is 0.214 e. The van der Waals surface area contributed by atoms with Crippen molar-refractivity contribution in [2.75, 3.05) is 26.4 Å². The van der Waals surface area contributed by atoms with E-state index in [9.17, 15) is 8.42 Å². The summed E-state index contributed by atoms with van der Waals surface area (Å²) in [6.45, 7) is 2.42. The van der Waals surface area contributed by atoms with E-state index >= 15 is 0 Å². The Hall–Kier alpha value is -0.330. The number of halogens is 2. The van der Waals surface area contributed by atoms with Gasteiger partial charge in [0.15, 0.2) is 0 Å². The summed E-state index contributed by atoms with van der Waals surface area (Å²) in [5, 5.41) is 4.26. The molecule has 4 nitrogen and oxygen atoms in total. The second-order valence-corrected chi connectivity index (χ2v) is 7.80. The summed E-state index contributed by atoms with van der Waals surface area (Å²) >= 11 is 11.9. The van der Waals surface area contributed by atoms with Gasteiger partial charge in [-0.05, 0) is 24.1 Å². The van der Waals surface area contributed by atoms with Crippen LogP contribution in [0.2, 0.25) is 10.0 Å². The largest absolute Gasteiger partial charge is 0.309 e. The van der Waals surface area contributed by atoms with E-state index in [1.54, 1.807) is 6.07 Å². The predicted molar refractivity (Wildman–Crippen MR) is 85.0 cm³/mol. The summed E-state index contributed by atoms with van der Waals surface area (Å²) in [6, 6.07) is 5.52. The molecule has 0 heterocycles. The zero-order valence-electron chi connectivity index (χ0n) is 11.9. The van der Waals surface area contributed by atoms with Gasteiger partial charge in [-0.25, -0.2) is 12.7 Å². The predicted octanol–water partition coefficient (Wildman–Crippen LogP) is 2.93. The highest BCUT2D eigenvalue weighted by Gasteiger charge is 2.15. The molecule has 1 aromatic carbocycles. The minimum absolute atomic E-state index is 0.0575. The highest BCUT2D eigenvalue weighted by Crippen LogP contribution is 2.26. The number of hydrogen-bond acceptors (Lipinski definition) is 3. The van der Waals surface area contributed by atoms with E-state index in [2.05, 4.69) is 5.32 Å². The summed E-state index contributed by atoms with van der Waals surface area (Å²) in [4.78, 5) is 0. The minimum atomic E-state index is -3.18. The molecular weight excluding hydrogens is 319 g/mol. The Kier molecular flexibility index (Phi) is 6.75. The van der Waals surface area contributed by atoms with Crippen molar-refractivity contribution >= 4 is 33.2 Å². The first kappa shape index (κ1) is 17.7. The molecule has 1 rings (SSSR count). The van der Waals surface area contributed by atoms with Crippen molar-refractivity contribution in [2.24, 2.45) is 0 Å². The molecule has 0 saturated carbocycles. The first-order valence-corrected chi connectivity index (χ1v) is 8.73. The van der Waals surface area contributed by atoms with E-state index in [0.29, 0.717) is 16.6 Å². The lowest BCUT2D eigenvalue weighted by molar-refractivity contribution is 0.503. The summed E-state index contributed by atoms with van der Waals surface area (Å²) in [5.74, 6) is 0.0673. The Morgan fingerprint density at radius 3 is 2.40 bits per heavy atom. The number of nitrogens with one attached hydrogen (secondary N) is 1. The van der Waals surface area contributed by atoms with Gasteiger partial charge in [0.2, 0.25) is 10.0 Å². The molecule has 114 valence electrons. The summed E-state index contributed by atoms with van der Waals surface area (Å²) in [6.07, 6.45) is 0.833. The van der Waals surface area contributed by atoms with Gasteiger partial charge < -0.3 is 5.32 Å². The number of benzene rings is 1. The number of rotatable bonds is 7. The summed E-state index contributed by atoms with van der Waals surface area (Å²) in [5.41, 5.74) is 1.00. The molecular formula is C13H20Cl2N2O2S. The molecule has 0 fully saturated rings. The molecule has 7 heteroatoms. The third kappa shape index (κ3) is 4.90. The van der Waals surface area contributed by atoms with E-state index in [0.717, 1.165) is 12.0 Å². The molecule has 0 aromatic heterocycles. The maximum absolute atomic E-state index is 11.7. The van der Waals surface area contributed by atoms with Crippen LogP contribution in [0, 0.1) is 0 Å². The normalized spacial score (nSPS) is 13.7. The molecule has 0 amide bonds. The standard InChI is InChI=1S/C13H20Cl2N2O2S/c1-4-13(10-5-6-11(14)12(15)9-10)16-7-8-20(18,19)17(2)3/h5-6,9,13,16H,4,7-8H2,1-3H3. The summed E-state index contributed by atoms with van der Waals surface area (Å²) < 4.78 is 24.6. The van der Waals surface area contributed by atoms with Crippen molar-refractivity contribution < 1.29 is 8.42 Å². The van der Waals surface area contributed by atoms with Crippen molar-refractivity contribution in [2.45, 2.75) is 19.4 Å². The molecule has 0 saturated heterocycles. The van der Waals surface area contributed by atoms with Crippen molar-refractivity contribution in [3.05, 3.63) is 33.8 Å². The van der Waals surface area contributed by atoms with Crippen LogP contribution in [0.5, 0.6) is 0 Å². The highest BCUT2D eigenvalue weighted by molar-refractivity contribution is 7.89. The Morgan fingerprint density at radius 1 is 1.25 bits per heavy atom. The molecule has 0 aliphatic carbocycles. The fourth-order valence-corrected chi connectivity index (χ4v) is 2.82. The van der Waals surface area contributed by atoms with E-state index in [4.69, 9.17) is 23.2 Å². The van der Waals surface area contributed by atoms with Crippen molar-refractivity contribution in [3.8, 4) is 0 Å². The van der Waals surface area contributed by atoms with Gasteiger partial charge in [-0.15, -0.1) is 0 Å². The molecule has 0 bridgehead atoms. The Balaban J connectivity index is 2.66. The average molecular weight is 339 g/mol. The van der Waals surface area contributed by atoms with Gasteiger partial charge in [-0.1, -0.05) is 36.2 Å². The zero-order chi connectivity index (χ0) is 15.3. The molecule has 0 spiro atoms. The topological polar surface area (TPSA) is 49.4 Å². The van der Waals surface area contributed by atoms with E-state index in [1.807, 2.05) is 19.1 Å². The van der Waals surface area contributed by atoms with Gasteiger partial charge in [0.05, 0.1) is 15.8 Å². The monoisotopic (exact) mass is 338 g/mol. The van der Waals surface area contributed by atoms with Gasteiger partial charge in [0.1, 0.15) is 0 Å². The van der Waals surface area contributed by atoms with Crippen LogP contribution in [0.1, 0.15) is 24.9 Å². The lowest BCUT2D eigenvalue weighted by atomic mass is 10.0. The number of nitrogens with zero attached hydrogens (tertiary/aromatic N) is 1. The Labute approximate surface area is 131 Å². The molecule has 1 atom stereocenters. The van der Waals surface area contributed by atoms with E-state index in [1.165, 1.54) is 18.4 Å². The quantitative estimate of drug-likeness (QED) is 0.831. The van der Waals surface area contributed by atoms with Crippen molar-refractivity contribution in [3.63, 3.8) is 0 Å². The van der Waals surface area contributed by atoms with Crippen LogP contribution in [0.25, 0.3) is 0 Å². The van der Waals surface area contributed by atoms with Crippen LogP contribution < -0.4 is 5.32 Å². The van der Waals surface area contributed by atoms with Crippen LogP contribution >= 0.6 is 23.2 Å². The van der Waals surface area contributed by atoms with Crippen LogP contribution in [-0.4, -0.2) is 39.1 Å². The maximum Gasteiger partial charge on any atom is 0.214 e. The Bertz CT molecular complexity index is 547. The highest BCUT2D eigenvalue weighted by atomic mass is 35.5. The summed E-state index contributed by atoms with van der Waals surface area (Å²) in [7, 11) is -0.109. The maximum atomic E-state index is 11.7. The number of hydrogen-bond donors (Lipinski definition) is 1. The lowest BCUT2D eigenvalue weighted by Gasteiger charge is -2.19. The first-order valence-electron chi connectivity index (χ1n) is 6.36. The Morgan fingerprint density at radius 2 is 1.90 bits per heavy atom. The van der Waals surface area contributed by atoms with Crippen LogP contribution in [0.15, 0.2) is 18.2 Å². The molecule has 0 radical (unpaired) electrons. The molecule has 0 aliphatic rings. The molecule has 0 aliphatic heterocycles. The van der Waals surface area contributed by atoms with Gasteiger partial charge in [0.25, 0.3) is 0 Å². The SMILES string of the molecule is CCC(NCCS(=O)(=O)N(C)C)c1ccc(Cl)c(Cl)c1. The van der Waals surface area contributed by atoms with Crippen LogP contribution in [0.3, 0.4) is 0 Å².